The summed E-state index contributed by atoms with van der Waals surface area (Å²) in [6.07, 6.45) is 0.884. The number of aliphatic hydroxyl groups excluding tert-OH is 1. The highest BCUT2D eigenvalue weighted by molar-refractivity contribution is 6.42. The van der Waals surface area contributed by atoms with Gasteiger partial charge in [0.1, 0.15) is 0 Å². The molecule has 2 nitrogen and oxygen atoms in total. The lowest BCUT2D eigenvalue weighted by molar-refractivity contribution is 0.238. The van der Waals surface area contributed by atoms with E-state index in [4.69, 9.17) is 28.3 Å². The Morgan fingerprint density at radius 1 is 1.40 bits per heavy atom. The van der Waals surface area contributed by atoms with Crippen LogP contribution in [0.3, 0.4) is 0 Å². The number of hydrogen-bond acceptors (Lipinski definition) is 2. The van der Waals surface area contributed by atoms with Crippen LogP contribution in [0.25, 0.3) is 0 Å². The van der Waals surface area contributed by atoms with Crippen molar-refractivity contribution in [1.29, 1.82) is 0 Å². The second kappa shape index (κ2) is 6.33. The Morgan fingerprint density at radius 2 is 2.13 bits per heavy atom. The number of aliphatic hydroxyl groups is 1. The monoisotopic (exact) mass is 247 g/mol. The van der Waals surface area contributed by atoms with Crippen LogP contribution in [0.5, 0.6) is 0 Å². The second-order valence-electron chi connectivity index (χ2n) is 3.38. The second-order valence-corrected chi connectivity index (χ2v) is 4.17. The molecule has 0 spiro atoms. The number of hydrogen-bond donors (Lipinski definition) is 2. The van der Waals surface area contributed by atoms with Gasteiger partial charge in [0.2, 0.25) is 0 Å². The van der Waals surface area contributed by atoms with Crippen LogP contribution < -0.4 is 5.32 Å². The summed E-state index contributed by atoms with van der Waals surface area (Å²) in [5.74, 6) is 0. The van der Waals surface area contributed by atoms with Crippen molar-refractivity contribution in [2.24, 2.45) is 0 Å². The van der Waals surface area contributed by atoms with Crippen LogP contribution in [0.15, 0.2) is 18.2 Å². The minimum absolute atomic E-state index is 0.111. The van der Waals surface area contributed by atoms with Gasteiger partial charge in [-0.25, -0.2) is 0 Å². The van der Waals surface area contributed by atoms with Crippen LogP contribution in [0.4, 0.5) is 0 Å². The van der Waals surface area contributed by atoms with Crippen molar-refractivity contribution < 1.29 is 5.11 Å². The lowest BCUT2D eigenvalue weighted by Crippen LogP contribution is -2.31. The van der Waals surface area contributed by atoms with E-state index in [-0.39, 0.29) is 12.6 Å². The fourth-order valence-corrected chi connectivity index (χ4v) is 1.66. The topological polar surface area (TPSA) is 32.3 Å². The summed E-state index contributed by atoms with van der Waals surface area (Å²) >= 11 is 11.9. The Labute approximate surface area is 100 Å². The summed E-state index contributed by atoms with van der Waals surface area (Å²) in [6.45, 7) is 2.78. The third-order valence-electron chi connectivity index (χ3n) is 2.33. The van der Waals surface area contributed by atoms with Gasteiger partial charge in [-0.15, -0.1) is 0 Å². The Hall–Kier alpha value is -0.280. The van der Waals surface area contributed by atoms with Crippen LogP contribution in [-0.4, -0.2) is 17.8 Å². The average molecular weight is 248 g/mol. The maximum Gasteiger partial charge on any atom is 0.0637 e. The van der Waals surface area contributed by atoms with Crippen LogP contribution in [-0.2, 0) is 6.54 Å². The summed E-state index contributed by atoms with van der Waals surface area (Å²) < 4.78 is 0. The SMILES string of the molecule is CC[C@@H](CO)NCc1cccc(Cl)c1Cl. The minimum Gasteiger partial charge on any atom is -0.395 e. The highest BCUT2D eigenvalue weighted by Crippen LogP contribution is 2.25. The van der Waals surface area contributed by atoms with Crippen LogP contribution >= 0.6 is 23.2 Å². The predicted molar refractivity (Wildman–Crippen MR) is 64.5 cm³/mol. The molecule has 1 aromatic rings. The van der Waals surface area contributed by atoms with Crippen LogP contribution in [0, 0.1) is 0 Å². The molecule has 0 saturated heterocycles. The van der Waals surface area contributed by atoms with E-state index in [0.717, 1.165) is 12.0 Å². The molecule has 0 aliphatic carbocycles. The number of nitrogens with one attached hydrogen (secondary N) is 1. The highest BCUT2D eigenvalue weighted by Gasteiger charge is 2.07. The van der Waals surface area contributed by atoms with Crippen LogP contribution in [0.2, 0.25) is 10.0 Å². The molecule has 0 heterocycles. The fraction of sp³-hybridized carbons (Fsp3) is 0.455. The number of rotatable bonds is 5. The molecule has 0 bridgehead atoms. The van der Waals surface area contributed by atoms with Gasteiger partial charge in [-0.3, -0.25) is 0 Å². The summed E-state index contributed by atoms with van der Waals surface area (Å²) in [5.41, 5.74) is 0.955. The predicted octanol–water partition coefficient (Wildman–Crippen LogP) is 2.85. The van der Waals surface area contributed by atoms with E-state index in [1.165, 1.54) is 0 Å². The van der Waals surface area contributed by atoms with E-state index < -0.39 is 0 Å². The van der Waals surface area contributed by atoms with Crippen molar-refractivity contribution in [2.75, 3.05) is 6.61 Å². The Balaban J connectivity index is 2.61. The third kappa shape index (κ3) is 3.65. The van der Waals surface area contributed by atoms with Gasteiger partial charge in [-0.1, -0.05) is 42.3 Å². The largest absolute Gasteiger partial charge is 0.395 e. The molecule has 0 unspecified atom stereocenters. The van der Waals surface area contributed by atoms with Gasteiger partial charge in [0.15, 0.2) is 0 Å². The molecule has 0 amide bonds. The maximum absolute atomic E-state index is 9.01. The minimum atomic E-state index is 0.111. The van der Waals surface area contributed by atoms with Gasteiger partial charge < -0.3 is 10.4 Å². The fourth-order valence-electron chi connectivity index (χ4n) is 1.28. The zero-order valence-electron chi connectivity index (χ0n) is 8.63. The molecule has 0 radical (unpaired) electrons. The molecule has 1 rings (SSSR count). The van der Waals surface area contributed by atoms with E-state index in [2.05, 4.69) is 5.32 Å². The zero-order chi connectivity index (χ0) is 11.3. The first-order valence-corrected chi connectivity index (χ1v) is 5.71. The smallest absolute Gasteiger partial charge is 0.0637 e. The molecule has 1 atom stereocenters. The molecule has 2 N–H and O–H groups in total. The lowest BCUT2D eigenvalue weighted by atomic mass is 10.2. The molecule has 1 aromatic carbocycles. The molecular weight excluding hydrogens is 233 g/mol. The Kier molecular flexibility index (Phi) is 5.40. The van der Waals surface area contributed by atoms with Crippen molar-refractivity contribution >= 4 is 23.2 Å². The van der Waals surface area contributed by atoms with Gasteiger partial charge >= 0.3 is 0 Å². The average Bonchev–Trinajstić information content (AvgIpc) is 2.25. The molecule has 0 fully saturated rings. The first kappa shape index (κ1) is 12.8. The molecule has 15 heavy (non-hydrogen) atoms. The molecule has 0 aliphatic rings. The molecular formula is C11H15Cl2NO. The van der Waals surface area contributed by atoms with E-state index in [9.17, 15) is 0 Å². The van der Waals surface area contributed by atoms with E-state index in [0.29, 0.717) is 16.6 Å². The third-order valence-corrected chi connectivity index (χ3v) is 3.18. The summed E-state index contributed by atoms with van der Waals surface area (Å²) in [7, 11) is 0. The van der Waals surface area contributed by atoms with Gasteiger partial charge in [0.25, 0.3) is 0 Å². The first-order chi connectivity index (χ1) is 7.19. The van der Waals surface area contributed by atoms with E-state index >= 15 is 0 Å². The summed E-state index contributed by atoms with van der Waals surface area (Å²) in [6, 6.07) is 5.66. The van der Waals surface area contributed by atoms with Crippen molar-refractivity contribution in [3.63, 3.8) is 0 Å². The molecule has 0 aromatic heterocycles. The molecule has 0 aliphatic heterocycles. The van der Waals surface area contributed by atoms with Gasteiger partial charge in [-0.2, -0.15) is 0 Å². The summed E-state index contributed by atoms with van der Waals surface area (Å²) in [4.78, 5) is 0. The Morgan fingerprint density at radius 3 is 2.73 bits per heavy atom. The van der Waals surface area contributed by atoms with E-state index in [1.807, 2.05) is 19.1 Å². The Bertz CT molecular complexity index is 313. The number of benzene rings is 1. The quantitative estimate of drug-likeness (QED) is 0.839. The van der Waals surface area contributed by atoms with Crippen molar-refractivity contribution in [2.45, 2.75) is 25.9 Å². The van der Waals surface area contributed by atoms with Crippen molar-refractivity contribution in [3.8, 4) is 0 Å². The highest BCUT2D eigenvalue weighted by atomic mass is 35.5. The molecule has 4 heteroatoms. The van der Waals surface area contributed by atoms with E-state index in [1.54, 1.807) is 6.07 Å². The maximum atomic E-state index is 9.01. The molecule has 84 valence electrons. The van der Waals surface area contributed by atoms with Crippen molar-refractivity contribution in [1.82, 2.24) is 5.32 Å². The molecule has 0 saturated carbocycles. The van der Waals surface area contributed by atoms with Crippen LogP contribution in [0.1, 0.15) is 18.9 Å². The lowest BCUT2D eigenvalue weighted by Gasteiger charge is -2.14. The van der Waals surface area contributed by atoms with Crippen molar-refractivity contribution in [3.05, 3.63) is 33.8 Å². The normalized spacial score (nSPS) is 12.8. The standard InChI is InChI=1S/C11H15Cl2NO/c1-2-9(7-15)14-6-8-4-3-5-10(12)11(8)13/h3-5,9,14-15H,2,6-7H2,1H3/t9-/m0/s1. The summed E-state index contributed by atoms with van der Waals surface area (Å²) in [5, 5.41) is 13.4. The zero-order valence-corrected chi connectivity index (χ0v) is 10.1. The van der Waals surface area contributed by atoms with Gasteiger partial charge in [-0.05, 0) is 18.1 Å². The first-order valence-electron chi connectivity index (χ1n) is 4.96. The van der Waals surface area contributed by atoms with Gasteiger partial charge in [0, 0.05) is 12.6 Å². The van der Waals surface area contributed by atoms with Gasteiger partial charge in [0.05, 0.1) is 16.7 Å². The number of halogens is 2.